The molecule has 0 saturated carbocycles. The summed E-state index contributed by atoms with van der Waals surface area (Å²) in [6.45, 7) is 0. The number of hydrogen-bond acceptors (Lipinski definition) is 4. The van der Waals surface area contributed by atoms with Crippen molar-refractivity contribution in [2.45, 2.75) is 0 Å². The van der Waals surface area contributed by atoms with E-state index in [0.717, 1.165) is 5.75 Å². The minimum absolute atomic E-state index is 1.05. The van der Waals surface area contributed by atoms with Gasteiger partial charge in [0.05, 0.1) is 0 Å². The lowest BCUT2D eigenvalue weighted by atomic mass is 10.1. The van der Waals surface area contributed by atoms with E-state index in [2.05, 4.69) is 22.6 Å². The summed E-state index contributed by atoms with van der Waals surface area (Å²) in [6.07, 6.45) is 12.1. The predicted molar refractivity (Wildman–Crippen MR) is 70.7 cm³/mol. The first-order valence-corrected chi connectivity index (χ1v) is 6.01. The van der Waals surface area contributed by atoms with Crippen LogP contribution in [-0.4, -0.2) is 34.1 Å². The first-order valence-electron chi connectivity index (χ1n) is 4.96. The maximum Gasteiger partial charge on any atom is 0.414 e. The molecule has 0 atom stereocenters. The van der Waals surface area contributed by atoms with E-state index < -0.39 is 11.9 Å². The normalized spacial score (nSPS) is 16.2. The summed E-state index contributed by atoms with van der Waals surface area (Å²) < 4.78 is 0. The van der Waals surface area contributed by atoms with Crippen molar-refractivity contribution < 1.29 is 19.8 Å². The minimum atomic E-state index is -1.82. The highest BCUT2D eigenvalue weighted by Crippen LogP contribution is 2.21. The maximum absolute atomic E-state index is 9.10. The van der Waals surface area contributed by atoms with Crippen LogP contribution in [0.5, 0.6) is 0 Å². The molecular weight excluding hydrogens is 254 g/mol. The predicted octanol–water partition coefficient (Wildman–Crippen LogP) is 1.85. The van der Waals surface area contributed by atoms with Gasteiger partial charge in [-0.25, -0.2) is 9.59 Å². The van der Waals surface area contributed by atoms with Crippen LogP contribution in [0.3, 0.4) is 0 Å². The lowest BCUT2D eigenvalue weighted by Crippen LogP contribution is -2.09. The van der Waals surface area contributed by atoms with E-state index in [4.69, 9.17) is 19.8 Å². The van der Waals surface area contributed by atoms with Crippen molar-refractivity contribution in [1.82, 2.24) is 0 Å². The summed E-state index contributed by atoms with van der Waals surface area (Å²) in [5, 5.41) is 16.9. The number of carboxylic acids is 2. The molecule has 5 nitrogen and oxygen atoms in total. The van der Waals surface area contributed by atoms with E-state index in [-0.39, 0.29) is 0 Å². The molecule has 0 fully saturated rings. The van der Waals surface area contributed by atoms with Gasteiger partial charge in [0.15, 0.2) is 0 Å². The Labute approximate surface area is 108 Å². The molecule has 2 heterocycles. The number of allylic oxidation sites excluding steroid dienone is 5. The van der Waals surface area contributed by atoms with Gasteiger partial charge in [0.2, 0.25) is 0 Å². The summed E-state index contributed by atoms with van der Waals surface area (Å²) in [7, 11) is 0. The molecule has 94 valence electrons. The topological polar surface area (TPSA) is 87.0 Å². The monoisotopic (exact) mass is 265 g/mol. The van der Waals surface area contributed by atoms with Gasteiger partial charge in [0.25, 0.3) is 0 Å². The molecule has 2 aliphatic heterocycles. The molecule has 0 aromatic carbocycles. The second-order valence-electron chi connectivity index (χ2n) is 3.14. The highest BCUT2D eigenvalue weighted by atomic mass is 32.2. The summed E-state index contributed by atoms with van der Waals surface area (Å²) >= 11 is 1.81. The van der Waals surface area contributed by atoms with Gasteiger partial charge in [-0.05, 0) is 34.8 Å². The lowest BCUT2D eigenvalue weighted by Gasteiger charge is -1.97. The maximum atomic E-state index is 9.10. The Balaban J connectivity index is 0.000000232. The molecule has 0 aromatic heterocycles. The minimum Gasteiger partial charge on any atom is -0.473 e. The fourth-order valence-corrected chi connectivity index (χ4v) is 1.77. The van der Waals surface area contributed by atoms with Crippen molar-refractivity contribution >= 4 is 29.9 Å². The van der Waals surface area contributed by atoms with Crippen LogP contribution in [-0.2, 0) is 9.59 Å². The molecule has 0 spiro atoms. The molecule has 0 aliphatic carbocycles. The van der Waals surface area contributed by atoms with E-state index in [0.29, 0.717) is 0 Å². The largest absolute Gasteiger partial charge is 0.473 e. The standard InChI is InChI=1S/C10H9NS.C2H2O4/c1-5-11-6-2-10-4-8-12-7-3-9(1)10;3-1(4)2(5)6/h1-7H,8H2;(H,3,4)(H,5,6). The molecule has 0 radical (unpaired) electrons. The molecule has 2 rings (SSSR count). The molecule has 18 heavy (non-hydrogen) atoms. The fourth-order valence-electron chi connectivity index (χ4n) is 1.14. The fraction of sp³-hybridized carbons (Fsp3) is 0.0833. The number of nitrogens with zero attached hydrogens (tertiary/aromatic N) is 1. The van der Waals surface area contributed by atoms with Gasteiger partial charge >= 0.3 is 11.9 Å². The Bertz CT molecular complexity index is 474. The summed E-state index contributed by atoms with van der Waals surface area (Å²) in [6, 6.07) is 0. The van der Waals surface area contributed by atoms with Crippen LogP contribution in [0.4, 0.5) is 0 Å². The number of aliphatic carboxylic acids is 2. The quantitative estimate of drug-likeness (QED) is 0.653. The van der Waals surface area contributed by atoms with E-state index in [1.165, 1.54) is 11.1 Å². The number of hydrogen-bond donors (Lipinski definition) is 2. The van der Waals surface area contributed by atoms with E-state index in [1.54, 1.807) is 0 Å². The van der Waals surface area contributed by atoms with Gasteiger partial charge in [0, 0.05) is 18.2 Å². The van der Waals surface area contributed by atoms with Gasteiger partial charge < -0.3 is 10.2 Å². The number of carbonyl (C=O) groups is 2. The summed E-state index contributed by atoms with van der Waals surface area (Å²) in [4.78, 5) is 22.3. The number of carboxylic acid groups (broad SMARTS) is 2. The van der Waals surface area contributed by atoms with Crippen molar-refractivity contribution in [2.24, 2.45) is 4.99 Å². The molecule has 6 heteroatoms. The molecule has 0 aromatic rings. The van der Waals surface area contributed by atoms with Crippen LogP contribution in [0.1, 0.15) is 0 Å². The Morgan fingerprint density at radius 1 is 1.17 bits per heavy atom. The second-order valence-corrected chi connectivity index (χ2v) is 4.08. The van der Waals surface area contributed by atoms with Gasteiger partial charge in [-0.2, -0.15) is 0 Å². The average Bonchev–Trinajstić information content (AvgIpc) is 2.65. The van der Waals surface area contributed by atoms with Gasteiger partial charge in [-0.15, -0.1) is 11.8 Å². The molecule has 2 N–H and O–H groups in total. The van der Waals surface area contributed by atoms with Crippen LogP contribution < -0.4 is 0 Å². The molecular formula is C12H11NO4S. The highest BCUT2D eigenvalue weighted by Gasteiger charge is 2.04. The van der Waals surface area contributed by atoms with Crippen LogP contribution in [0.15, 0.2) is 52.1 Å². The van der Waals surface area contributed by atoms with Gasteiger partial charge in [-0.3, -0.25) is 4.99 Å². The zero-order valence-electron chi connectivity index (χ0n) is 9.31. The molecule has 0 saturated heterocycles. The second kappa shape index (κ2) is 7.29. The Hall–Kier alpha value is -2.08. The van der Waals surface area contributed by atoms with Crippen LogP contribution >= 0.6 is 11.8 Å². The zero-order valence-corrected chi connectivity index (χ0v) is 10.1. The van der Waals surface area contributed by atoms with Crippen molar-refractivity contribution in [3.05, 3.63) is 47.1 Å². The molecule has 0 unspecified atom stereocenters. The summed E-state index contributed by atoms with van der Waals surface area (Å²) in [5.74, 6) is -2.60. The molecule has 0 bridgehead atoms. The molecule has 0 amide bonds. The Morgan fingerprint density at radius 3 is 2.56 bits per heavy atom. The van der Waals surface area contributed by atoms with Crippen molar-refractivity contribution in [1.29, 1.82) is 0 Å². The average molecular weight is 265 g/mol. The van der Waals surface area contributed by atoms with Crippen LogP contribution in [0.2, 0.25) is 0 Å². The van der Waals surface area contributed by atoms with Gasteiger partial charge in [0.1, 0.15) is 0 Å². The summed E-state index contributed by atoms with van der Waals surface area (Å²) in [5.41, 5.74) is 2.52. The number of thioether (sulfide) groups is 1. The third-order valence-corrected chi connectivity index (χ3v) is 2.63. The third kappa shape index (κ3) is 4.84. The SMILES string of the molecule is C1=CC2=CCSC=CC2=CC=N1.O=C(O)C(=O)O. The number of rotatable bonds is 0. The van der Waals surface area contributed by atoms with Crippen molar-refractivity contribution in [2.75, 3.05) is 5.75 Å². The van der Waals surface area contributed by atoms with Crippen LogP contribution in [0.25, 0.3) is 0 Å². The third-order valence-electron chi connectivity index (χ3n) is 1.94. The van der Waals surface area contributed by atoms with E-state index >= 15 is 0 Å². The first-order chi connectivity index (χ1) is 8.61. The Morgan fingerprint density at radius 2 is 1.89 bits per heavy atom. The van der Waals surface area contributed by atoms with Crippen molar-refractivity contribution in [3.63, 3.8) is 0 Å². The smallest absolute Gasteiger partial charge is 0.414 e. The first kappa shape index (κ1) is 14.0. The number of aliphatic imine (C=N–C) groups is 1. The lowest BCUT2D eigenvalue weighted by molar-refractivity contribution is -0.159. The van der Waals surface area contributed by atoms with E-state index in [9.17, 15) is 0 Å². The van der Waals surface area contributed by atoms with Gasteiger partial charge in [-0.1, -0.05) is 6.08 Å². The zero-order chi connectivity index (χ0) is 13.4. The van der Waals surface area contributed by atoms with E-state index in [1.807, 2.05) is 36.3 Å². The number of fused-ring (bicyclic) bond motifs is 1. The molecule has 2 aliphatic rings. The highest BCUT2D eigenvalue weighted by molar-refractivity contribution is 8.02. The van der Waals surface area contributed by atoms with Crippen molar-refractivity contribution in [3.8, 4) is 0 Å². The van der Waals surface area contributed by atoms with Crippen LogP contribution in [0, 0.1) is 0 Å². The Kier molecular flexibility index (Phi) is 5.66.